The van der Waals surface area contributed by atoms with Gasteiger partial charge in [0.05, 0.1) is 12.4 Å². The van der Waals surface area contributed by atoms with Crippen molar-refractivity contribution in [2.24, 2.45) is 12.5 Å². The Morgan fingerprint density at radius 2 is 2.24 bits per heavy atom. The van der Waals surface area contributed by atoms with Crippen molar-refractivity contribution in [3.8, 4) is 0 Å². The number of nitrogens with one attached hydrogen (secondary N) is 1. The van der Waals surface area contributed by atoms with Crippen LogP contribution in [0.2, 0.25) is 0 Å². The normalized spacial score (nSPS) is 13.5. The van der Waals surface area contributed by atoms with Crippen molar-refractivity contribution in [2.45, 2.75) is 33.3 Å². The summed E-state index contributed by atoms with van der Waals surface area (Å²) in [5.41, 5.74) is 0.422. The highest BCUT2D eigenvalue weighted by Crippen LogP contribution is 2.20. The molecule has 1 unspecified atom stereocenters. The van der Waals surface area contributed by atoms with Gasteiger partial charge in [-0.1, -0.05) is 20.8 Å². The quantitative estimate of drug-likeness (QED) is 0.822. The molecule has 5 heteroatoms. The SMILES string of the molecule is Cn1cnc(C(=O)NCC(O)CC(C)(C)C)c1. The molecular weight excluding hydrogens is 218 g/mol. The Labute approximate surface area is 102 Å². The van der Waals surface area contributed by atoms with Crippen LogP contribution in [0.1, 0.15) is 37.7 Å². The van der Waals surface area contributed by atoms with Crippen LogP contribution in [0.5, 0.6) is 0 Å². The van der Waals surface area contributed by atoms with Gasteiger partial charge in [-0.05, 0) is 11.8 Å². The summed E-state index contributed by atoms with van der Waals surface area (Å²) in [6.45, 7) is 6.41. The van der Waals surface area contributed by atoms with E-state index in [1.165, 1.54) is 0 Å². The molecule has 0 aliphatic heterocycles. The molecule has 1 aromatic heterocycles. The number of carbonyl (C=O) groups excluding carboxylic acids is 1. The van der Waals surface area contributed by atoms with Crippen LogP contribution < -0.4 is 5.32 Å². The van der Waals surface area contributed by atoms with Gasteiger partial charge in [-0.25, -0.2) is 4.98 Å². The van der Waals surface area contributed by atoms with Crippen LogP contribution in [-0.4, -0.2) is 33.2 Å². The van der Waals surface area contributed by atoms with Crippen LogP contribution >= 0.6 is 0 Å². The van der Waals surface area contributed by atoms with Crippen molar-refractivity contribution in [2.75, 3.05) is 6.54 Å². The van der Waals surface area contributed by atoms with Gasteiger partial charge in [-0.15, -0.1) is 0 Å². The predicted octanol–water partition coefficient (Wildman–Crippen LogP) is 0.947. The number of aryl methyl sites for hydroxylation is 1. The summed E-state index contributed by atoms with van der Waals surface area (Å²) in [6, 6.07) is 0. The van der Waals surface area contributed by atoms with E-state index in [1.807, 2.05) is 0 Å². The molecule has 0 bridgehead atoms. The van der Waals surface area contributed by atoms with E-state index >= 15 is 0 Å². The Balaban J connectivity index is 2.38. The first-order valence-corrected chi connectivity index (χ1v) is 5.72. The molecule has 2 N–H and O–H groups in total. The maximum atomic E-state index is 11.6. The number of aliphatic hydroxyl groups is 1. The highest BCUT2D eigenvalue weighted by Gasteiger charge is 2.17. The lowest BCUT2D eigenvalue weighted by Crippen LogP contribution is -2.34. The maximum absolute atomic E-state index is 11.6. The van der Waals surface area contributed by atoms with Gasteiger partial charge in [0.15, 0.2) is 0 Å². The highest BCUT2D eigenvalue weighted by molar-refractivity contribution is 5.91. The van der Waals surface area contributed by atoms with Crippen molar-refractivity contribution in [3.05, 3.63) is 18.2 Å². The Morgan fingerprint density at radius 3 is 2.71 bits per heavy atom. The van der Waals surface area contributed by atoms with Crippen molar-refractivity contribution in [1.29, 1.82) is 0 Å². The molecule has 0 saturated carbocycles. The molecule has 1 rings (SSSR count). The molecule has 0 aromatic carbocycles. The van der Waals surface area contributed by atoms with Gasteiger partial charge in [0.2, 0.25) is 0 Å². The van der Waals surface area contributed by atoms with E-state index < -0.39 is 6.10 Å². The average molecular weight is 239 g/mol. The fraction of sp³-hybridized carbons (Fsp3) is 0.667. The lowest BCUT2D eigenvalue weighted by Gasteiger charge is -2.22. The first-order valence-electron chi connectivity index (χ1n) is 5.72. The van der Waals surface area contributed by atoms with Gasteiger partial charge in [-0.3, -0.25) is 4.79 Å². The van der Waals surface area contributed by atoms with Crippen LogP contribution in [0.4, 0.5) is 0 Å². The first-order chi connectivity index (χ1) is 7.78. The molecule has 1 aromatic rings. The van der Waals surface area contributed by atoms with Gasteiger partial charge in [0.1, 0.15) is 5.69 Å². The summed E-state index contributed by atoms with van der Waals surface area (Å²) in [4.78, 5) is 15.6. The molecule has 1 amide bonds. The molecule has 0 aliphatic rings. The smallest absolute Gasteiger partial charge is 0.271 e. The summed E-state index contributed by atoms with van der Waals surface area (Å²) in [6.07, 6.45) is 3.34. The third-order valence-corrected chi connectivity index (χ3v) is 2.28. The summed E-state index contributed by atoms with van der Waals surface area (Å²) in [5.74, 6) is -0.251. The Kier molecular flexibility index (Phi) is 4.28. The zero-order valence-electron chi connectivity index (χ0n) is 10.9. The minimum Gasteiger partial charge on any atom is -0.391 e. The number of rotatable bonds is 4. The first kappa shape index (κ1) is 13.7. The van der Waals surface area contributed by atoms with Crippen LogP contribution in [0.3, 0.4) is 0 Å². The maximum Gasteiger partial charge on any atom is 0.271 e. The molecule has 0 saturated heterocycles. The molecule has 17 heavy (non-hydrogen) atoms. The second-order valence-electron chi connectivity index (χ2n) is 5.55. The molecule has 96 valence electrons. The zero-order valence-corrected chi connectivity index (χ0v) is 10.9. The largest absolute Gasteiger partial charge is 0.391 e. The number of hydrogen-bond acceptors (Lipinski definition) is 3. The Bertz CT molecular complexity index is 379. The van der Waals surface area contributed by atoms with Crippen LogP contribution in [0, 0.1) is 5.41 Å². The monoisotopic (exact) mass is 239 g/mol. The van der Waals surface area contributed by atoms with E-state index in [-0.39, 0.29) is 17.9 Å². The topological polar surface area (TPSA) is 67.2 Å². The summed E-state index contributed by atoms with van der Waals surface area (Å²) in [7, 11) is 1.80. The number of hydrogen-bond donors (Lipinski definition) is 2. The van der Waals surface area contributed by atoms with Gasteiger partial charge in [-0.2, -0.15) is 0 Å². The Hall–Kier alpha value is -1.36. The fourth-order valence-electron chi connectivity index (χ4n) is 1.61. The minimum atomic E-state index is -0.525. The van der Waals surface area contributed by atoms with E-state index in [1.54, 1.807) is 24.1 Å². The van der Waals surface area contributed by atoms with E-state index in [0.717, 1.165) is 0 Å². The summed E-state index contributed by atoms with van der Waals surface area (Å²) < 4.78 is 1.71. The standard InChI is InChI=1S/C12H21N3O2/c1-12(2,3)5-9(16)6-13-11(17)10-7-15(4)8-14-10/h7-9,16H,5-6H2,1-4H3,(H,13,17). The van der Waals surface area contributed by atoms with Crippen LogP contribution in [0.25, 0.3) is 0 Å². The molecule has 0 spiro atoms. The summed E-state index contributed by atoms with van der Waals surface area (Å²) >= 11 is 0. The lowest BCUT2D eigenvalue weighted by atomic mass is 9.89. The van der Waals surface area contributed by atoms with E-state index in [9.17, 15) is 9.90 Å². The number of amides is 1. The molecule has 0 radical (unpaired) electrons. The molecule has 1 atom stereocenters. The molecular formula is C12H21N3O2. The molecule has 1 heterocycles. The van der Waals surface area contributed by atoms with Crippen LogP contribution in [0.15, 0.2) is 12.5 Å². The number of aliphatic hydroxyl groups excluding tert-OH is 1. The lowest BCUT2D eigenvalue weighted by molar-refractivity contribution is 0.0864. The fourth-order valence-corrected chi connectivity index (χ4v) is 1.61. The molecule has 0 aliphatic carbocycles. The van der Waals surface area contributed by atoms with Crippen molar-refractivity contribution in [1.82, 2.24) is 14.9 Å². The van der Waals surface area contributed by atoms with Crippen LogP contribution in [-0.2, 0) is 7.05 Å². The van der Waals surface area contributed by atoms with Crippen molar-refractivity contribution >= 4 is 5.91 Å². The van der Waals surface area contributed by atoms with E-state index in [4.69, 9.17) is 0 Å². The third-order valence-electron chi connectivity index (χ3n) is 2.28. The predicted molar refractivity (Wildman–Crippen MR) is 65.6 cm³/mol. The molecule has 5 nitrogen and oxygen atoms in total. The van der Waals surface area contributed by atoms with Gasteiger partial charge >= 0.3 is 0 Å². The molecule has 0 fully saturated rings. The Morgan fingerprint density at radius 1 is 1.59 bits per heavy atom. The van der Waals surface area contributed by atoms with E-state index in [0.29, 0.717) is 12.1 Å². The van der Waals surface area contributed by atoms with Gasteiger partial charge in [0.25, 0.3) is 5.91 Å². The van der Waals surface area contributed by atoms with Crippen molar-refractivity contribution in [3.63, 3.8) is 0 Å². The van der Waals surface area contributed by atoms with E-state index in [2.05, 4.69) is 31.1 Å². The van der Waals surface area contributed by atoms with Gasteiger partial charge in [0, 0.05) is 19.8 Å². The highest BCUT2D eigenvalue weighted by atomic mass is 16.3. The number of carbonyl (C=O) groups is 1. The average Bonchev–Trinajstić information content (AvgIpc) is 2.58. The second-order valence-corrected chi connectivity index (χ2v) is 5.55. The third kappa shape index (κ3) is 4.99. The minimum absolute atomic E-state index is 0.0507. The number of aromatic nitrogens is 2. The number of nitrogens with zero attached hydrogens (tertiary/aromatic N) is 2. The zero-order chi connectivity index (χ0) is 13.1. The number of imidazole rings is 1. The van der Waals surface area contributed by atoms with Gasteiger partial charge < -0.3 is 15.0 Å². The second kappa shape index (κ2) is 5.31. The summed E-state index contributed by atoms with van der Waals surface area (Å²) in [5, 5.41) is 12.4. The van der Waals surface area contributed by atoms with Crippen molar-refractivity contribution < 1.29 is 9.90 Å².